The van der Waals surface area contributed by atoms with Gasteiger partial charge in [0.15, 0.2) is 0 Å². The number of para-hydroxylation sites is 2. The number of hydrogen-bond donors (Lipinski definition) is 0. The minimum Gasteiger partial charge on any atom is -0.309 e. The predicted molar refractivity (Wildman–Crippen MR) is 202 cm³/mol. The van der Waals surface area contributed by atoms with Crippen molar-refractivity contribution in [1.29, 1.82) is 0 Å². The molecule has 1 atom stereocenters. The van der Waals surface area contributed by atoms with Crippen molar-refractivity contribution in [2.75, 3.05) is 0 Å². The van der Waals surface area contributed by atoms with E-state index in [9.17, 15) is 0 Å². The first-order chi connectivity index (χ1) is 23.7. The summed E-state index contributed by atoms with van der Waals surface area (Å²) in [5.74, 6) is 0. The van der Waals surface area contributed by atoms with Crippen LogP contribution in [0.25, 0.3) is 66.4 Å². The maximum absolute atomic E-state index is 2.49. The summed E-state index contributed by atoms with van der Waals surface area (Å²) in [7, 11) is 0. The van der Waals surface area contributed by atoms with E-state index in [1.807, 2.05) is 0 Å². The third-order valence-electron chi connectivity index (χ3n) is 11.0. The fourth-order valence-electron chi connectivity index (χ4n) is 8.76. The van der Waals surface area contributed by atoms with Gasteiger partial charge in [-0.25, -0.2) is 0 Å². The van der Waals surface area contributed by atoms with Crippen LogP contribution in [-0.4, -0.2) is 4.57 Å². The Bertz CT molecular complexity index is 2580. The van der Waals surface area contributed by atoms with Crippen molar-refractivity contribution in [2.45, 2.75) is 19.3 Å². The standard InChI is InChI=1S/C47H33N/c1-3-30(2)31-23-25-37-35-15-4-8-19-41(35)47(43(37)28-31)42-20-9-5-16-36(42)38-26-24-33(29-44(38)47)32-13-12-14-34(27-32)48-45-21-10-6-17-39(45)40-18-7-11-22-46(40)48/h3-29H,1-2H3/b30-3+. The third-order valence-corrected chi connectivity index (χ3v) is 11.0. The highest BCUT2D eigenvalue weighted by Crippen LogP contribution is 2.63. The Balaban J connectivity index is 1.23. The Labute approximate surface area is 281 Å². The van der Waals surface area contributed by atoms with Gasteiger partial charge in [0.2, 0.25) is 0 Å². The molecule has 1 aromatic heterocycles. The van der Waals surface area contributed by atoms with Crippen LogP contribution in [-0.2, 0) is 5.41 Å². The highest BCUT2D eigenvalue weighted by Gasteiger charge is 2.51. The quantitative estimate of drug-likeness (QED) is 0.187. The fourth-order valence-corrected chi connectivity index (χ4v) is 8.76. The van der Waals surface area contributed by atoms with Crippen molar-refractivity contribution in [1.82, 2.24) is 4.57 Å². The van der Waals surface area contributed by atoms with E-state index in [0.717, 1.165) is 0 Å². The predicted octanol–water partition coefficient (Wildman–Crippen LogP) is 12.2. The molecule has 1 heteroatoms. The van der Waals surface area contributed by atoms with Crippen LogP contribution in [0, 0.1) is 0 Å². The number of nitrogens with zero attached hydrogens (tertiary/aromatic N) is 1. The summed E-state index contributed by atoms with van der Waals surface area (Å²) >= 11 is 0. The first-order valence-corrected chi connectivity index (χ1v) is 16.9. The van der Waals surface area contributed by atoms with Gasteiger partial charge in [0.25, 0.3) is 0 Å². The second kappa shape index (κ2) is 10.0. The van der Waals surface area contributed by atoms with Gasteiger partial charge in [0, 0.05) is 16.5 Å². The van der Waals surface area contributed by atoms with Crippen molar-refractivity contribution in [2.24, 2.45) is 0 Å². The minimum atomic E-state index is -0.387. The maximum Gasteiger partial charge on any atom is 0.0725 e. The molecule has 0 bridgehead atoms. The Morgan fingerprint density at radius 1 is 0.479 bits per heavy atom. The average molecular weight is 612 g/mol. The molecule has 0 fully saturated rings. The lowest BCUT2D eigenvalue weighted by atomic mass is 9.70. The van der Waals surface area contributed by atoms with Gasteiger partial charge in [-0.1, -0.05) is 127 Å². The van der Waals surface area contributed by atoms with Crippen LogP contribution in [0.2, 0.25) is 0 Å². The first kappa shape index (κ1) is 27.2. The zero-order valence-corrected chi connectivity index (χ0v) is 27.0. The van der Waals surface area contributed by atoms with Crippen LogP contribution >= 0.6 is 0 Å². The van der Waals surface area contributed by atoms with Gasteiger partial charge in [-0.3, -0.25) is 0 Å². The van der Waals surface area contributed by atoms with Crippen LogP contribution in [0.3, 0.4) is 0 Å². The summed E-state index contributed by atoms with van der Waals surface area (Å²) in [4.78, 5) is 0. The summed E-state index contributed by atoms with van der Waals surface area (Å²) in [5, 5.41) is 2.56. The molecule has 8 aromatic rings. The van der Waals surface area contributed by atoms with Crippen LogP contribution in [0.15, 0.2) is 164 Å². The Morgan fingerprint density at radius 2 is 1.02 bits per heavy atom. The molecule has 0 saturated carbocycles. The number of allylic oxidation sites excluding steroid dienone is 2. The molecule has 2 aliphatic rings. The molecule has 0 N–H and O–H groups in total. The molecule has 226 valence electrons. The van der Waals surface area contributed by atoms with Crippen molar-refractivity contribution in [3.63, 3.8) is 0 Å². The van der Waals surface area contributed by atoms with Gasteiger partial charge in [0.1, 0.15) is 0 Å². The van der Waals surface area contributed by atoms with Gasteiger partial charge >= 0.3 is 0 Å². The number of fused-ring (bicyclic) bond motifs is 13. The molecule has 0 amide bonds. The maximum atomic E-state index is 2.49. The third kappa shape index (κ3) is 3.51. The second-order valence-electron chi connectivity index (χ2n) is 13.3. The van der Waals surface area contributed by atoms with E-state index < -0.39 is 0 Å². The van der Waals surface area contributed by atoms with Crippen molar-refractivity contribution >= 4 is 27.4 Å². The molecule has 1 unspecified atom stereocenters. The molecule has 0 saturated heterocycles. The van der Waals surface area contributed by atoms with Crippen molar-refractivity contribution in [3.05, 3.63) is 192 Å². The van der Waals surface area contributed by atoms with Crippen molar-refractivity contribution < 1.29 is 0 Å². The number of aromatic nitrogens is 1. The van der Waals surface area contributed by atoms with E-state index in [1.165, 1.54) is 94.3 Å². The second-order valence-corrected chi connectivity index (χ2v) is 13.3. The summed E-state index contributed by atoms with van der Waals surface area (Å²) in [6.07, 6.45) is 2.22. The number of hydrogen-bond acceptors (Lipinski definition) is 0. The van der Waals surface area contributed by atoms with Gasteiger partial charge in [-0.2, -0.15) is 0 Å². The van der Waals surface area contributed by atoms with E-state index in [4.69, 9.17) is 0 Å². The molecule has 1 spiro atoms. The van der Waals surface area contributed by atoms with Gasteiger partial charge in [-0.05, 0) is 117 Å². The fraction of sp³-hybridized carbons (Fsp3) is 0.0638. The molecular weight excluding hydrogens is 579 g/mol. The minimum absolute atomic E-state index is 0.387. The molecule has 2 aliphatic carbocycles. The lowest BCUT2D eigenvalue weighted by Gasteiger charge is -2.31. The van der Waals surface area contributed by atoms with Crippen LogP contribution in [0.4, 0.5) is 0 Å². The Kier molecular flexibility index (Phi) is 5.69. The lowest BCUT2D eigenvalue weighted by Crippen LogP contribution is -2.26. The van der Waals surface area contributed by atoms with Gasteiger partial charge in [0.05, 0.1) is 16.4 Å². The Hall–Kier alpha value is -5.92. The SMILES string of the molecule is C/C=C(\C)c1ccc2c(c1)C1(c3ccccc3-2)c2ccccc2-c2ccc(-c3cccc(-n4c5ccccc5c5ccccc54)c3)cc21. The zero-order chi connectivity index (χ0) is 32.0. The zero-order valence-electron chi connectivity index (χ0n) is 27.0. The highest BCUT2D eigenvalue weighted by molar-refractivity contribution is 6.09. The summed E-state index contributed by atoms with van der Waals surface area (Å²) in [6.45, 7) is 4.35. The molecular formula is C47H33N. The topological polar surface area (TPSA) is 4.93 Å². The molecule has 1 heterocycles. The summed E-state index contributed by atoms with van der Waals surface area (Å²) < 4.78 is 2.41. The number of rotatable bonds is 3. The monoisotopic (exact) mass is 611 g/mol. The molecule has 7 aromatic carbocycles. The summed E-state index contributed by atoms with van der Waals surface area (Å²) in [5.41, 5.74) is 19.1. The highest BCUT2D eigenvalue weighted by atomic mass is 15.0. The number of benzene rings is 7. The molecule has 1 nitrogen and oxygen atoms in total. The van der Waals surface area contributed by atoms with E-state index >= 15 is 0 Å². The normalized spacial score (nSPS) is 15.9. The van der Waals surface area contributed by atoms with E-state index in [1.54, 1.807) is 0 Å². The van der Waals surface area contributed by atoms with E-state index in [2.05, 4.69) is 182 Å². The molecule has 48 heavy (non-hydrogen) atoms. The van der Waals surface area contributed by atoms with Gasteiger partial charge in [-0.15, -0.1) is 0 Å². The van der Waals surface area contributed by atoms with Gasteiger partial charge < -0.3 is 4.57 Å². The average Bonchev–Trinajstić information content (AvgIpc) is 3.76. The Morgan fingerprint density at radius 3 is 1.69 bits per heavy atom. The van der Waals surface area contributed by atoms with E-state index in [0.29, 0.717) is 0 Å². The smallest absolute Gasteiger partial charge is 0.0725 e. The molecule has 10 rings (SSSR count). The lowest BCUT2D eigenvalue weighted by molar-refractivity contribution is 0.793. The first-order valence-electron chi connectivity index (χ1n) is 16.9. The molecule has 0 aliphatic heterocycles. The van der Waals surface area contributed by atoms with Crippen LogP contribution in [0.5, 0.6) is 0 Å². The molecule has 0 radical (unpaired) electrons. The van der Waals surface area contributed by atoms with E-state index in [-0.39, 0.29) is 5.41 Å². The van der Waals surface area contributed by atoms with Crippen molar-refractivity contribution in [3.8, 4) is 39.1 Å². The van der Waals surface area contributed by atoms with Crippen LogP contribution < -0.4 is 0 Å². The van der Waals surface area contributed by atoms with Crippen LogP contribution in [0.1, 0.15) is 41.7 Å². The largest absolute Gasteiger partial charge is 0.309 e. The summed E-state index contributed by atoms with van der Waals surface area (Å²) in [6, 6.07) is 59.0.